The summed E-state index contributed by atoms with van der Waals surface area (Å²) in [6.45, 7) is 6.22. The minimum atomic E-state index is -0.857. The van der Waals surface area contributed by atoms with E-state index in [9.17, 15) is 19.5 Å². The lowest BCUT2D eigenvalue weighted by molar-refractivity contribution is -0.141. The quantitative estimate of drug-likeness (QED) is 0.302. The minimum Gasteiger partial charge on any atom is -0.494 e. The minimum absolute atomic E-state index is 0.0592. The molecule has 5 rings (SSSR count). The van der Waals surface area contributed by atoms with E-state index in [0.717, 1.165) is 0 Å². The van der Waals surface area contributed by atoms with Gasteiger partial charge in [0, 0.05) is 26.5 Å². The predicted octanol–water partition coefficient (Wildman–Crippen LogP) is 5.19. The molecule has 3 unspecified atom stereocenters. The number of hydrogen-bond acceptors (Lipinski definition) is 6. The van der Waals surface area contributed by atoms with Crippen LogP contribution in [0, 0.1) is 17.8 Å². The third kappa shape index (κ3) is 5.60. The number of likely N-dealkylation sites (tertiary alicyclic amines) is 1. The molecule has 3 aliphatic rings. The van der Waals surface area contributed by atoms with Crippen molar-refractivity contribution in [1.82, 2.24) is 4.90 Å². The number of nitrogens with zero attached hydrogens (tertiary/aromatic N) is 1. The van der Waals surface area contributed by atoms with Crippen LogP contribution in [0.1, 0.15) is 33.6 Å². The Labute approximate surface area is 258 Å². The molecule has 8 nitrogen and oxygen atoms in total. The molecule has 2 bridgehead atoms. The molecule has 41 heavy (non-hydrogen) atoms. The highest BCUT2D eigenvalue weighted by Crippen LogP contribution is 2.68. The summed E-state index contributed by atoms with van der Waals surface area (Å²) >= 11 is 11.4. The van der Waals surface area contributed by atoms with Gasteiger partial charge in [-0.05, 0) is 74.2 Å². The number of benzene rings is 2. The summed E-state index contributed by atoms with van der Waals surface area (Å²) in [6.07, 6.45) is 1.09. The molecule has 3 fully saturated rings. The van der Waals surface area contributed by atoms with Crippen molar-refractivity contribution in [3.05, 3.63) is 53.6 Å². The number of hydrogen-bond donors (Lipinski definition) is 3. The average Bonchev–Trinajstić information content (AvgIpc) is 3.53. The number of amides is 3. The first-order chi connectivity index (χ1) is 19.6. The second-order valence-corrected chi connectivity index (χ2v) is 14.5. The lowest BCUT2D eigenvalue weighted by Gasteiger charge is -2.37. The molecule has 2 aromatic carbocycles. The first-order valence-electron chi connectivity index (χ1n) is 13.9. The number of rotatable bonds is 10. The van der Waals surface area contributed by atoms with Gasteiger partial charge in [0.15, 0.2) is 0 Å². The molecule has 220 valence electrons. The second kappa shape index (κ2) is 12.1. The molecule has 2 aromatic rings. The van der Waals surface area contributed by atoms with Crippen LogP contribution in [0.5, 0.6) is 5.75 Å². The Morgan fingerprint density at radius 2 is 1.73 bits per heavy atom. The molecule has 3 aliphatic heterocycles. The molecule has 3 amide bonds. The second-order valence-electron chi connectivity index (χ2n) is 11.3. The lowest BCUT2D eigenvalue weighted by atomic mass is 9.70. The van der Waals surface area contributed by atoms with Crippen molar-refractivity contribution >= 4 is 68.4 Å². The molecule has 0 aromatic heterocycles. The van der Waals surface area contributed by atoms with Gasteiger partial charge in [0.25, 0.3) is 0 Å². The number of anilines is 2. The first kappa shape index (κ1) is 30.2. The number of thioether (sulfide) groups is 1. The van der Waals surface area contributed by atoms with Crippen molar-refractivity contribution in [2.24, 2.45) is 17.8 Å². The molecular weight excluding hydrogens is 630 g/mol. The molecule has 0 saturated carbocycles. The summed E-state index contributed by atoms with van der Waals surface area (Å²) in [6, 6.07) is 12.5. The van der Waals surface area contributed by atoms with Crippen LogP contribution in [0.2, 0.25) is 5.02 Å². The number of carbonyl (C=O) groups excluding carboxylic acids is 3. The summed E-state index contributed by atoms with van der Waals surface area (Å²) in [7, 11) is 0. The zero-order valence-corrected chi connectivity index (χ0v) is 26.3. The van der Waals surface area contributed by atoms with Crippen LogP contribution in [0.25, 0.3) is 0 Å². The number of fused-ring (bicyclic) bond motifs is 1. The van der Waals surface area contributed by atoms with Crippen LogP contribution in [0.15, 0.2) is 48.5 Å². The molecule has 3 heterocycles. The third-order valence-corrected chi connectivity index (χ3v) is 11.6. The highest BCUT2D eigenvalue weighted by molar-refractivity contribution is 9.09. The van der Waals surface area contributed by atoms with Crippen LogP contribution >= 0.6 is 39.3 Å². The van der Waals surface area contributed by atoms with E-state index >= 15 is 0 Å². The maximum atomic E-state index is 14.3. The van der Waals surface area contributed by atoms with Gasteiger partial charge in [0.05, 0.1) is 35.8 Å². The fourth-order valence-electron chi connectivity index (χ4n) is 6.65. The number of aliphatic hydroxyl groups excluding tert-OH is 1. The Balaban J connectivity index is 1.49. The Hall–Kier alpha value is -2.27. The van der Waals surface area contributed by atoms with E-state index in [1.165, 1.54) is 0 Å². The van der Waals surface area contributed by atoms with Crippen molar-refractivity contribution < 1.29 is 24.2 Å². The van der Waals surface area contributed by atoms with Crippen LogP contribution in [0.4, 0.5) is 11.4 Å². The lowest BCUT2D eigenvalue weighted by Crippen LogP contribution is -2.55. The Bertz CT molecular complexity index is 1300. The average molecular weight is 665 g/mol. The first-order valence-corrected chi connectivity index (χ1v) is 16.1. The Morgan fingerprint density at radius 1 is 1.12 bits per heavy atom. The van der Waals surface area contributed by atoms with Crippen molar-refractivity contribution in [1.29, 1.82) is 0 Å². The van der Waals surface area contributed by atoms with E-state index in [1.807, 2.05) is 20.8 Å². The zero-order valence-electron chi connectivity index (χ0n) is 23.2. The summed E-state index contributed by atoms with van der Waals surface area (Å²) in [5.74, 6) is -1.28. The topological polar surface area (TPSA) is 108 Å². The van der Waals surface area contributed by atoms with E-state index in [0.29, 0.717) is 41.6 Å². The van der Waals surface area contributed by atoms with E-state index in [1.54, 1.807) is 65.2 Å². The summed E-state index contributed by atoms with van der Waals surface area (Å²) in [5.41, 5.74) is 1.17. The maximum absolute atomic E-state index is 14.3. The molecule has 3 saturated heterocycles. The molecule has 0 aliphatic carbocycles. The zero-order chi connectivity index (χ0) is 29.5. The number of halogens is 2. The molecule has 0 radical (unpaired) electrons. The monoisotopic (exact) mass is 663 g/mol. The molecule has 3 N–H and O–H groups in total. The van der Waals surface area contributed by atoms with Gasteiger partial charge in [0.2, 0.25) is 17.7 Å². The maximum Gasteiger partial charge on any atom is 0.248 e. The van der Waals surface area contributed by atoms with Gasteiger partial charge in [-0.25, -0.2) is 0 Å². The molecule has 7 atom stereocenters. The van der Waals surface area contributed by atoms with Crippen LogP contribution < -0.4 is 15.4 Å². The van der Waals surface area contributed by atoms with Crippen LogP contribution in [-0.4, -0.2) is 67.8 Å². The van der Waals surface area contributed by atoms with E-state index in [4.69, 9.17) is 16.3 Å². The normalized spacial score (nSPS) is 29.0. The molecular formula is C30H35BrClN3O5S. The van der Waals surface area contributed by atoms with Gasteiger partial charge in [0.1, 0.15) is 11.8 Å². The largest absolute Gasteiger partial charge is 0.494 e. The molecule has 11 heteroatoms. The van der Waals surface area contributed by atoms with E-state index in [2.05, 4.69) is 26.6 Å². The number of nitrogens with one attached hydrogen (secondary N) is 2. The molecule has 1 spiro atoms. The summed E-state index contributed by atoms with van der Waals surface area (Å²) in [5, 5.41) is 16.8. The van der Waals surface area contributed by atoms with Crippen molar-refractivity contribution in [2.75, 3.05) is 23.8 Å². The van der Waals surface area contributed by atoms with Gasteiger partial charge in [-0.2, -0.15) is 0 Å². The SMILES string of the molecule is CCOc1ccc(NC(=O)[C@H]2[C@@H]3SC4(CC3Br)C(C(=O)Nc3ccc(Cl)cc3)N([C@@H](CO)CC(C)C)C(=O)[C@H]24)cc1. The highest BCUT2D eigenvalue weighted by Gasteiger charge is 2.76. The smallest absolute Gasteiger partial charge is 0.248 e. The van der Waals surface area contributed by atoms with Crippen LogP contribution in [-0.2, 0) is 14.4 Å². The van der Waals surface area contributed by atoms with Gasteiger partial charge in [-0.3, -0.25) is 14.4 Å². The van der Waals surface area contributed by atoms with E-state index < -0.39 is 28.7 Å². The number of carbonyl (C=O) groups is 3. The fraction of sp³-hybridized carbons (Fsp3) is 0.500. The summed E-state index contributed by atoms with van der Waals surface area (Å²) in [4.78, 5) is 43.8. The van der Waals surface area contributed by atoms with Gasteiger partial charge >= 0.3 is 0 Å². The number of aliphatic hydroxyl groups is 1. The van der Waals surface area contributed by atoms with Gasteiger partial charge in [-0.15, -0.1) is 11.8 Å². The Kier molecular flexibility index (Phi) is 8.95. The van der Waals surface area contributed by atoms with Gasteiger partial charge < -0.3 is 25.4 Å². The Morgan fingerprint density at radius 3 is 2.32 bits per heavy atom. The third-order valence-electron chi connectivity index (χ3n) is 8.17. The fourth-order valence-corrected chi connectivity index (χ4v) is 10.4. The highest BCUT2D eigenvalue weighted by atomic mass is 79.9. The number of alkyl halides is 1. The standard InChI is InChI=1S/C30H35BrClN3O5S/c1-4-40-21-11-9-19(10-12-21)33-27(37)23-24-29(39)35(20(15-36)13-16(2)3)26(30(24)14-22(31)25(23)41-30)28(38)34-18-7-5-17(32)6-8-18/h5-12,16,20,22-26,36H,4,13-15H2,1-3H3,(H,33,37)(H,34,38)/t20-,22?,23-,24+,25-,26?,30?/m1/s1. The number of ether oxygens (including phenoxy) is 1. The van der Waals surface area contributed by atoms with E-state index in [-0.39, 0.29) is 40.3 Å². The van der Waals surface area contributed by atoms with Crippen molar-refractivity contribution in [3.63, 3.8) is 0 Å². The van der Waals surface area contributed by atoms with Crippen LogP contribution in [0.3, 0.4) is 0 Å². The van der Waals surface area contributed by atoms with Crippen molar-refractivity contribution in [2.45, 2.75) is 60.5 Å². The van der Waals surface area contributed by atoms with Crippen molar-refractivity contribution in [3.8, 4) is 5.75 Å². The van der Waals surface area contributed by atoms with Gasteiger partial charge in [-0.1, -0.05) is 41.4 Å². The predicted molar refractivity (Wildman–Crippen MR) is 166 cm³/mol. The summed E-state index contributed by atoms with van der Waals surface area (Å²) < 4.78 is 4.69.